The van der Waals surface area contributed by atoms with Crippen molar-refractivity contribution in [3.05, 3.63) is 76.9 Å². The Labute approximate surface area is 169 Å². The SMILES string of the molecule is Cc1ccc(S(=O)(=O)CCC(=O)Nc2ccnn2Cc2ccc(Cl)cc2)cc1. The number of rotatable bonds is 7. The van der Waals surface area contributed by atoms with Crippen LogP contribution < -0.4 is 5.32 Å². The number of carbonyl (C=O) groups is 1. The number of halogens is 1. The van der Waals surface area contributed by atoms with E-state index in [1.54, 1.807) is 53.3 Å². The number of carbonyl (C=O) groups excluding carboxylic acids is 1. The Morgan fingerprint density at radius 1 is 1.07 bits per heavy atom. The number of sulfone groups is 1. The average Bonchev–Trinajstić information content (AvgIpc) is 3.09. The number of hydrogen-bond acceptors (Lipinski definition) is 4. The number of aromatic nitrogens is 2. The van der Waals surface area contributed by atoms with E-state index in [0.29, 0.717) is 17.4 Å². The van der Waals surface area contributed by atoms with Gasteiger partial charge in [0.15, 0.2) is 9.84 Å². The number of hydrogen-bond donors (Lipinski definition) is 1. The molecule has 0 spiro atoms. The lowest BCUT2D eigenvalue weighted by Gasteiger charge is -2.10. The van der Waals surface area contributed by atoms with Gasteiger partial charge in [-0.05, 0) is 36.8 Å². The summed E-state index contributed by atoms with van der Waals surface area (Å²) >= 11 is 5.89. The van der Waals surface area contributed by atoms with Crippen molar-refractivity contribution in [2.24, 2.45) is 0 Å². The van der Waals surface area contributed by atoms with Crippen molar-refractivity contribution in [3.63, 3.8) is 0 Å². The Balaban J connectivity index is 1.60. The lowest BCUT2D eigenvalue weighted by atomic mass is 10.2. The zero-order valence-electron chi connectivity index (χ0n) is 15.3. The third-order valence-electron chi connectivity index (χ3n) is 4.21. The first kappa shape index (κ1) is 20.1. The normalized spacial score (nSPS) is 11.4. The molecular formula is C20H20ClN3O3S. The number of amides is 1. The molecule has 0 aliphatic carbocycles. The fourth-order valence-corrected chi connectivity index (χ4v) is 3.99. The van der Waals surface area contributed by atoms with Gasteiger partial charge in [0.2, 0.25) is 5.91 Å². The van der Waals surface area contributed by atoms with Gasteiger partial charge in [-0.15, -0.1) is 0 Å². The fraction of sp³-hybridized carbons (Fsp3) is 0.200. The molecule has 0 fully saturated rings. The number of nitrogens with one attached hydrogen (secondary N) is 1. The molecule has 0 saturated carbocycles. The minimum absolute atomic E-state index is 0.137. The van der Waals surface area contributed by atoms with Crippen LogP contribution >= 0.6 is 11.6 Å². The maximum atomic E-state index is 12.4. The molecule has 28 heavy (non-hydrogen) atoms. The number of nitrogens with zero attached hydrogens (tertiary/aromatic N) is 2. The maximum Gasteiger partial charge on any atom is 0.226 e. The Hall–Kier alpha value is -2.64. The second-order valence-electron chi connectivity index (χ2n) is 6.43. The molecule has 146 valence electrons. The molecule has 0 unspecified atom stereocenters. The van der Waals surface area contributed by atoms with Crippen LogP contribution in [0.25, 0.3) is 0 Å². The smallest absolute Gasteiger partial charge is 0.226 e. The first-order chi connectivity index (χ1) is 13.3. The Bertz CT molecular complexity index is 1060. The molecule has 0 atom stereocenters. The van der Waals surface area contributed by atoms with E-state index in [-0.39, 0.29) is 23.0 Å². The summed E-state index contributed by atoms with van der Waals surface area (Å²) < 4.78 is 26.4. The van der Waals surface area contributed by atoms with Gasteiger partial charge in [0.05, 0.1) is 23.4 Å². The maximum absolute atomic E-state index is 12.4. The number of benzene rings is 2. The van der Waals surface area contributed by atoms with Crippen LogP contribution in [0.15, 0.2) is 65.7 Å². The summed E-state index contributed by atoms with van der Waals surface area (Å²) in [5.41, 5.74) is 1.95. The van der Waals surface area contributed by atoms with Gasteiger partial charge in [-0.2, -0.15) is 5.10 Å². The molecule has 1 N–H and O–H groups in total. The molecule has 0 bridgehead atoms. The third kappa shape index (κ3) is 5.21. The van der Waals surface area contributed by atoms with Crippen molar-refractivity contribution in [2.45, 2.75) is 24.8 Å². The minimum Gasteiger partial charge on any atom is -0.311 e. The third-order valence-corrected chi connectivity index (χ3v) is 6.19. The second kappa shape index (κ2) is 8.58. The minimum atomic E-state index is -3.51. The summed E-state index contributed by atoms with van der Waals surface area (Å²) in [6, 6.07) is 15.6. The van der Waals surface area contributed by atoms with Crippen LogP contribution in [0, 0.1) is 6.92 Å². The van der Waals surface area contributed by atoms with Gasteiger partial charge in [-0.1, -0.05) is 41.4 Å². The highest BCUT2D eigenvalue weighted by molar-refractivity contribution is 7.91. The molecule has 1 amide bonds. The van der Waals surface area contributed by atoms with Gasteiger partial charge in [0.1, 0.15) is 5.82 Å². The van der Waals surface area contributed by atoms with Crippen LogP contribution in [0.1, 0.15) is 17.5 Å². The van der Waals surface area contributed by atoms with E-state index in [2.05, 4.69) is 10.4 Å². The average molecular weight is 418 g/mol. The van der Waals surface area contributed by atoms with Crippen LogP contribution in [0.5, 0.6) is 0 Å². The van der Waals surface area contributed by atoms with Crippen LogP contribution in [-0.2, 0) is 21.2 Å². The van der Waals surface area contributed by atoms with E-state index in [9.17, 15) is 13.2 Å². The molecule has 0 aliphatic rings. The van der Waals surface area contributed by atoms with E-state index in [0.717, 1.165) is 11.1 Å². The Morgan fingerprint density at radius 3 is 2.43 bits per heavy atom. The van der Waals surface area contributed by atoms with Crippen LogP contribution in [0.4, 0.5) is 5.82 Å². The predicted molar refractivity (Wildman–Crippen MR) is 109 cm³/mol. The highest BCUT2D eigenvalue weighted by Gasteiger charge is 2.17. The molecular weight excluding hydrogens is 398 g/mol. The molecule has 8 heteroatoms. The van der Waals surface area contributed by atoms with Gasteiger partial charge >= 0.3 is 0 Å². The van der Waals surface area contributed by atoms with E-state index < -0.39 is 9.84 Å². The Morgan fingerprint density at radius 2 is 1.75 bits per heavy atom. The molecule has 3 aromatic rings. The summed E-state index contributed by atoms with van der Waals surface area (Å²) in [6.07, 6.45) is 1.44. The van der Waals surface area contributed by atoms with E-state index >= 15 is 0 Å². The first-order valence-electron chi connectivity index (χ1n) is 8.69. The number of aryl methyl sites for hydroxylation is 1. The molecule has 2 aromatic carbocycles. The largest absolute Gasteiger partial charge is 0.311 e. The van der Waals surface area contributed by atoms with Crippen molar-refractivity contribution in [2.75, 3.05) is 11.1 Å². The van der Waals surface area contributed by atoms with Gasteiger partial charge < -0.3 is 5.32 Å². The summed E-state index contributed by atoms with van der Waals surface area (Å²) in [7, 11) is -3.51. The summed E-state index contributed by atoms with van der Waals surface area (Å²) in [6.45, 7) is 2.35. The monoisotopic (exact) mass is 417 g/mol. The zero-order chi connectivity index (χ0) is 20.1. The number of anilines is 1. The standard InChI is InChI=1S/C20H20ClN3O3S/c1-15-2-8-18(9-3-15)28(26,27)13-11-20(25)23-19-10-12-22-24(19)14-16-4-6-17(21)7-5-16/h2-10,12H,11,13-14H2,1H3,(H,23,25). The van der Waals surface area contributed by atoms with Crippen molar-refractivity contribution in [1.82, 2.24) is 9.78 Å². The fourth-order valence-electron chi connectivity index (χ4n) is 2.62. The predicted octanol–water partition coefficient (Wildman–Crippen LogP) is 3.70. The van der Waals surface area contributed by atoms with E-state index in [1.165, 1.54) is 0 Å². The summed E-state index contributed by atoms with van der Waals surface area (Å²) in [5.74, 6) is -0.131. The summed E-state index contributed by atoms with van der Waals surface area (Å²) in [5, 5.41) is 7.57. The topological polar surface area (TPSA) is 81.1 Å². The van der Waals surface area contributed by atoms with Gasteiger partial charge in [-0.3, -0.25) is 4.79 Å². The van der Waals surface area contributed by atoms with Crippen molar-refractivity contribution in [1.29, 1.82) is 0 Å². The van der Waals surface area contributed by atoms with Crippen LogP contribution in [-0.4, -0.2) is 29.9 Å². The van der Waals surface area contributed by atoms with Crippen LogP contribution in [0.2, 0.25) is 5.02 Å². The quantitative estimate of drug-likeness (QED) is 0.635. The van der Waals surface area contributed by atoms with Gasteiger partial charge in [0.25, 0.3) is 0 Å². The van der Waals surface area contributed by atoms with Gasteiger partial charge in [0, 0.05) is 17.5 Å². The molecule has 1 aromatic heterocycles. The van der Waals surface area contributed by atoms with Crippen molar-refractivity contribution in [3.8, 4) is 0 Å². The second-order valence-corrected chi connectivity index (χ2v) is 8.98. The Kier molecular flexibility index (Phi) is 6.16. The van der Waals surface area contributed by atoms with E-state index in [1.807, 2.05) is 19.1 Å². The lowest BCUT2D eigenvalue weighted by Crippen LogP contribution is -2.19. The van der Waals surface area contributed by atoms with Crippen molar-refractivity contribution >= 4 is 33.2 Å². The molecule has 1 heterocycles. The van der Waals surface area contributed by atoms with E-state index in [4.69, 9.17) is 11.6 Å². The highest BCUT2D eigenvalue weighted by Crippen LogP contribution is 2.15. The summed E-state index contributed by atoms with van der Waals surface area (Å²) in [4.78, 5) is 12.5. The van der Waals surface area contributed by atoms with Gasteiger partial charge in [-0.25, -0.2) is 13.1 Å². The highest BCUT2D eigenvalue weighted by atomic mass is 35.5. The molecule has 0 radical (unpaired) electrons. The molecule has 6 nitrogen and oxygen atoms in total. The van der Waals surface area contributed by atoms with Crippen LogP contribution in [0.3, 0.4) is 0 Å². The molecule has 0 aliphatic heterocycles. The molecule has 3 rings (SSSR count). The first-order valence-corrected chi connectivity index (χ1v) is 10.7. The molecule has 0 saturated heterocycles. The lowest BCUT2D eigenvalue weighted by molar-refractivity contribution is -0.115. The van der Waals surface area contributed by atoms with Crippen molar-refractivity contribution < 1.29 is 13.2 Å². The zero-order valence-corrected chi connectivity index (χ0v) is 16.9.